The summed E-state index contributed by atoms with van der Waals surface area (Å²) in [7, 11) is 0. The third-order valence-corrected chi connectivity index (χ3v) is 3.62. The van der Waals surface area contributed by atoms with E-state index in [1.165, 1.54) is 11.3 Å². The Balaban J connectivity index is 2.72. The zero-order valence-electron chi connectivity index (χ0n) is 7.62. The molecule has 1 N–H and O–H groups in total. The summed E-state index contributed by atoms with van der Waals surface area (Å²) < 4.78 is 0. The fourth-order valence-corrected chi connectivity index (χ4v) is 2.73. The number of nitrogens with one attached hydrogen (secondary N) is 1. The van der Waals surface area contributed by atoms with E-state index in [0.717, 1.165) is 4.83 Å². The average molecular weight is 272 g/mol. The van der Waals surface area contributed by atoms with Crippen LogP contribution in [0, 0.1) is 0 Å². The van der Waals surface area contributed by atoms with Gasteiger partial charge in [0.25, 0.3) is 0 Å². The maximum atomic E-state index is 12.1. The van der Waals surface area contributed by atoms with E-state index < -0.39 is 0 Å². The Morgan fingerprint density at radius 2 is 2.00 bits per heavy atom. The Bertz CT molecular complexity index is 764. The predicted molar refractivity (Wildman–Crippen MR) is 65.6 cm³/mol. The van der Waals surface area contributed by atoms with Gasteiger partial charge in [-0.05, 0) is 11.4 Å². The number of aromatic nitrogens is 3. The van der Waals surface area contributed by atoms with E-state index in [-0.39, 0.29) is 21.1 Å². The zero-order valence-corrected chi connectivity index (χ0v) is 9.95. The normalized spacial score (nSPS) is 11.4. The summed E-state index contributed by atoms with van der Waals surface area (Å²) >= 11 is 13.1. The molecule has 0 saturated heterocycles. The minimum absolute atomic E-state index is 0.0637. The maximum Gasteiger partial charge on any atom is 0.201 e. The standard InChI is InChI=1S/C9H3Cl2N3OS/c10-7-4-5(8(11)14-13-7)12-9-3(6(4)15)1-2-16-9/h1-2H,(H,12,15). The second kappa shape index (κ2) is 3.41. The van der Waals surface area contributed by atoms with Gasteiger partial charge < -0.3 is 4.98 Å². The average Bonchev–Trinajstić information content (AvgIpc) is 2.72. The van der Waals surface area contributed by atoms with Crippen molar-refractivity contribution >= 4 is 55.7 Å². The van der Waals surface area contributed by atoms with Gasteiger partial charge >= 0.3 is 0 Å². The van der Waals surface area contributed by atoms with Crippen LogP contribution in [0.25, 0.3) is 21.1 Å². The molecule has 0 unspecified atom stereocenters. The van der Waals surface area contributed by atoms with Crippen LogP contribution < -0.4 is 5.43 Å². The highest BCUT2D eigenvalue weighted by Gasteiger charge is 2.13. The summed E-state index contributed by atoms with van der Waals surface area (Å²) in [6.45, 7) is 0. The second-order valence-corrected chi connectivity index (χ2v) is 4.78. The van der Waals surface area contributed by atoms with Crippen LogP contribution in [0.5, 0.6) is 0 Å². The molecule has 0 aliphatic heterocycles. The van der Waals surface area contributed by atoms with Crippen molar-refractivity contribution in [2.24, 2.45) is 0 Å². The first kappa shape index (κ1) is 10.0. The number of fused-ring (bicyclic) bond motifs is 2. The van der Waals surface area contributed by atoms with Crippen LogP contribution in [0.15, 0.2) is 16.2 Å². The van der Waals surface area contributed by atoms with Crippen molar-refractivity contribution in [3.8, 4) is 0 Å². The number of thiophene rings is 1. The number of hydrogen-bond acceptors (Lipinski definition) is 4. The molecule has 4 nitrogen and oxygen atoms in total. The monoisotopic (exact) mass is 271 g/mol. The molecule has 0 radical (unpaired) electrons. The zero-order chi connectivity index (χ0) is 11.3. The Morgan fingerprint density at radius 3 is 2.81 bits per heavy atom. The smallest absolute Gasteiger partial charge is 0.201 e. The van der Waals surface area contributed by atoms with Crippen molar-refractivity contribution in [3.05, 3.63) is 32.0 Å². The molecule has 3 rings (SSSR count). The fraction of sp³-hybridized carbons (Fsp3) is 0. The molecule has 16 heavy (non-hydrogen) atoms. The van der Waals surface area contributed by atoms with Crippen LogP contribution in [-0.4, -0.2) is 15.2 Å². The minimum Gasteiger partial charge on any atom is -0.343 e. The van der Waals surface area contributed by atoms with Gasteiger partial charge in [-0.1, -0.05) is 23.2 Å². The lowest BCUT2D eigenvalue weighted by atomic mass is 10.2. The van der Waals surface area contributed by atoms with Gasteiger partial charge in [-0.2, -0.15) is 0 Å². The molecule has 3 aromatic heterocycles. The lowest BCUT2D eigenvalue weighted by Gasteiger charge is -2.00. The molecular formula is C9H3Cl2N3OS. The van der Waals surface area contributed by atoms with Gasteiger partial charge in [0, 0.05) is 0 Å². The number of halogens is 2. The molecule has 0 spiro atoms. The maximum absolute atomic E-state index is 12.1. The van der Waals surface area contributed by atoms with E-state index in [2.05, 4.69) is 15.2 Å². The summed E-state index contributed by atoms with van der Waals surface area (Å²) in [5, 5.41) is 10.2. The molecule has 0 aliphatic carbocycles. The Hall–Kier alpha value is -1.17. The van der Waals surface area contributed by atoms with E-state index in [9.17, 15) is 4.79 Å². The molecule has 0 aliphatic rings. The summed E-state index contributed by atoms with van der Waals surface area (Å²) in [6, 6.07) is 1.74. The van der Waals surface area contributed by atoms with E-state index in [1.54, 1.807) is 6.07 Å². The Morgan fingerprint density at radius 1 is 1.25 bits per heavy atom. The summed E-state index contributed by atoms with van der Waals surface area (Å²) in [5.74, 6) is 0. The molecule has 3 aromatic rings. The molecule has 3 heterocycles. The predicted octanol–water partition coefficient (Wildman–Crippen LogP) is 2.84. The molecule has 0 atom stereocenters. The summed E-state index contributed by atoms with van der Waals surface area (Å²) in [4.78, 5) is 15.9. The summed E-state index contributed by atoms with van der Waals surface area (Å²) in [6.07, 6.45) is 0. The first-order chi connectivity index (χ1) is 7.68. The van der Waals surface area contributed by atoms with Crippen LogP contribution >= 0.6 is 34.5 Å². The molecule has 0 saturated carbocycles. The number of nitrogens with zero attached hydrogens (tertiary/aromatic N) is 2. The molecule has 0 bridgehead atoms. The van der Waals surface area contributed by atoms with E-state index in [0.29, 0.717) is 10.9 Å². The van der Waals surface area contributed by atoms with Gasteiger partial charge in [-0.3, -0.25) is 4.79 Å². The van der Waals surface area contributed by atoms with Crippen molar-refractivity contribution in [2.45, 2.75) is 0 Å². The fourth-order valence-electron chi connectivity index (χ4n) is 1.55. The number of hydrogen-bond donors (Lipinski definition) is 1. The third-order valence-electron chi connectivity index (χ3n) is 2.26. The lowest BCUT2D eigenvalue weighted by molar-refractivity contribution is 1.05. The number of H-pyrrole nitrogens is 1. The van der Waals surface area contributed by atoms with Gasteiger partial charge in [0.05, 0.1) is 16.3 Å². The van der Waals surface area contributed by atoms with E-state index in [1.807, 2.05) is 5.38 Å². The van der Waals surface area contributed by atoms with E-state index >= 15 is 0 Å². The second-order valence-electron chi connectivity index (χ2n) is 3.15. The van der Waals surface area contributed by atoms with E-state index in [4.69, 9.17) is 23.2 Å². The number of rotatable bonds is 0. The minimum atomic E-state index is -0.174. The Labute approximate surface area is 103 Å². The molecule has 7 heteroatoms. The van der Waals surface area contributed by atoms with Crippen LogP contribution in [0.4, 0.5) is 0 Å². The highest BCUT2D eigenvalue weighted by Crippen LogP contribution is 2.25. The van der Waals surface area contributed by atoms with Gasteiger partial charge in [0.1, 0.15) is 4.83 Å². The van der Waals surface area contributed by atoms with Crippen molar-refractivity contribution in [1.82, 2.24) is 15.2 Å². The van der Waals surface area contributed by atoms with Crippen molar-refractivity contribution in [2.75, 3.05) is 0 Å². The first-order valence-corrected chi connectivity index (χ1v) is 5.93. The number of aromatic amines is 1. The summed E-state index contributed by atoms with van der Waals surface area (Å²) in [5.41, 5.74) is 0.258. The first-order valence-electron chi connectivity index (χ1n) is 4.29. The van der Waals surface area contributed by atoms with Gasteiger partial charge in [-0.25, -0.2) is 0 Å². The van der Waals surface area contributed by atoms with Crippen LogP contribution in [0.1, 0.15) is 0 Å². The lowest BCUT2D eigenvalue weighted by Crippen LogP contribution is -2.05. The van der Waals surface area contributed by atoms with Crippen LogP contribution in [-0.2, 0) is 0 Å². The molecule has 0 aromatic carbocycles. The van der Waals surface area contributed by atoms with Crippen LogP contribution in [0.2, 0.25) is 10.3 Å². The molecule has 0 amide bonds. The van der Waals surface area contributed by atoms with Gasteiger partial charge in [0.15, 0.2) is 10.3 Å². The highest BCUT2D eigenvalue weighted by molar-refractivity contribution is 7.16. The van der Waals surface area contributed by atoms with Crippen LogP contribution in [0.3, 0.4) is 0 Å². The SMILES string of the molecule is O=c1c2ccsc2[nH]c2c(Cl)nnc(Cl)c12. The molecule has 80 valence electrons. The molecular weight excluding hydrogens is 269 g/mol. The number of pyridine rings is 1. The Kier molecular flexibility index (Phi) is 2.14. The third kappa shape index (κ3) is 1.25. The van der Waals surface area contributed by atoms with Gasteiger partial charge in [-0.15, -0.1) is 21.5 Å². The topological polar surface area (TPSA) is 58.6 Å². The van der Waals surface area contributed by atoms with Crippen molar-refractivity contribution in [1.29, 1.82) is 0 Å². The molecule has 0 fully saturated rings. The highest BCUT2D eigenvalue weighted by atomic mass is 35.5. The van der Waals surface area contributed by atoms with Gasteiger partial charge in [0.2, 0.25) is 5.43 Å². The van der Waals surface area contributed by atoms with Crippen molar-refractivity contribution < 1.29 is 0 Å². The van der Waals surface area contributed by atoms with Crippen molar-refractivity contribution in [3.63, 3.8) is 0 Å². The largest absolute Gasteiger partial charge is 0.343 e. The quantitative estimate of drug-likeness (QED) is 0.684.